The summed E-state index contributed by atoms with van der Waals surface area (Å²) >= 11 is 6.34. The summed E-state index contributed by atoms with van der Waals surface area (Å²) in [5, 5.41) is 6.88. The van der Waals surface area contributed by atoms with Crippen LogP contribution in [-0.2, 0) is 16.0 Å². The minimum atomic E-state index is -0.460. The maximum Gasteiger partial charge on any atom is 0.149 e. The van der Waals surface area contributed by atoms with Crippen LogP contribution in [0.3, 0.4) is 0 Å². The van der Waals surface area contributed by atoms with Crippen LogP contribution < -0.4 is 10.6 Å². The highest BCUT2D eigenvalue weighted by Gasteiger charge is 2.22. The zero-order valence-electron chi connectivity index (χ0n) is 17.5. The van der Waals surface area contributed by atoms with Gasteiger partial charge in [-0.1, -0.05) is 11.6 Å². The van der Waals surface area contributed by atoms with Crippen molar-refractivity contribution in [3.05, 3.63) is 40.9 Å². The highest BCUT2D eigenvalue weighted by Crippen LogP contribution is 2.30. The number of halogens is 2. The Bertz CT molecular complexity index is 914. The topological polar surface area (TPSA) is 76.1 Å². The smallest absolute Gasteiger partial charge is 0.149 e. The molecule has 0 radical (unpaired) electrons. The fraction of sp³-hybridized carbons (Fsp3) is 0.522. The summed E-state index contributed by atoms with van der Waals surface area (Å²) in [5.74, 6) is 0.802. The standard InChI is InChI=1S/C23H28ClFN4O2/c24-19-14-27-17(11-21(30)16-2-1-7-26-13-16)10-18(19)23-20(25)3-4-22(29-23)28-12-15-5-8-31-9-6-15/h3-4,10,14-16,26H,1-2,5-9,11-13H2,(H,28,29)/t16-/m1/s1. The van der Waals surface area contributed by atoms with E-state index in [2.05, 4.69) is 20.6 Å². The van der Waals surface area contributed by atoms with Gasteiger partial charge in [0.15, 0.2) is 0 Å². The second kappa shape index (κ2) is 10.5. The van der Waals surface area contributed by atoms with Crippen molar-refractivity contribution in [2.75, 3.05) is 38.2 Å². The molecule has 0 spiro atoms. The number of carbonyl (C=O) groups is 1. The van der Waals surface area contributed by atoms with Crippen molar-refractivity contribution in [2.24, 2.45) is 11.8 Å². The van der Waals surface area contributed by atoms with Gasteiger partial charge in [-0.2, -0.15) is 0 Å². The Kier molecular flexibility index (Phi) is 7.48. The van der Waals surface area contributed by atoms with Gasteiger partial charge in [-0.15, -0.1) is 0 Å². The molecule has 0 bridgehead atoms. The van der Waals surface area contributed by atoms with Crippen LogP contribution >= 0.6 is 11.6 Å². The molecule has 0 saturated carbocycles. The van der Waals surface area contributed by atoms with Crippen LogP contribution in [-0.4, -0.2) is 48.6 Å². The Morgan fingerprint density at radius 3 is 2.90 bits per heavy atom. The first-order chi connectivity index (χ1) is 15.1. The lowest BCUT2D eigenvalue weighted by molar-refractivity contribution is -0.122. The maximum absolute atomic E-state index is 14.7. The average molecular weight is 447 g/mol. The second-order valence-electron chi connectivity index (χ2n) is 8.31. The van der Waals surface area contributed by atoms with Crippen molar-refractivity contribution in [1.82, 2.24) is 15.3 Å². The van der Waals surface area contributed by atoms with Crippen LogP contribution in [0.15, 0.2) is 24.4 Å². The Morgan fingerprint density at radius 1 is 1.29 bits per heavy atom. The normalized spacial score (nSPS) is 19.9. The van der Waals surface area contributed by atoms with Crippen molar-refractivity contribution >= 4 is 23.2 Å². The van der Waals surface area contributed by atoms with Gasteiger partial charge in [-0.05, 0) is 56.3 Å². The number of hydrogen-bond acceptors (Lipinski definition) is 6. The number of hydrogen-bond donors (Lipinski definition) is 2. The summed E-state index contributed by atoms with van der Waals surface area (Å²) in [4.78, 5) is 21.4. The van der Waals surface area contributed by atoms with Gasteiger partial charge in [0.05, 0.1) is 5.02 Å². The molecule has 0 aliphatic carbocycles. The lowest BCUT2D eigenvalue weighted by Crippen LogP contribution is -2.35. The Labute approximate surface area is 187 Å². The number of ether oxygens (including phenoxy) is 1. The van der Waals surface area contributed by atoms with Crippen LogP contribution in [0.2, 0.25) is 5.02 Å². The van der Waals surface area contributed by atoms with Crippen LogP contribution in [0, 0.1) is 17.7 Å². The monoisotopic (exact) mass is 446 g/mol. The molecule has 0 aromatic carbocycles. The molecule has 2 fully saturated rings. The Balaban J connectivity index is 1.49. The van der Waals surface area contributed by atoms with E-state index in [0.29, 0.717) is 34.6 Å². The highest BCUT2D eigenvalue weighted by atomic mass is 35.5. The Hall–Kier alpha value is -2.09. The number of anilines is 1. The molecule has 4 heterocycles. The number of carbonyl (C=O) groups excluding carboxylic acids is 1. The lowest BCUT2D eigenvalue weighted by atomic mass is 9.92. The SMILES string of the molecule is O=C(Cc1cc(-c2nc(NCC3CCOCC3)ccc2F)c(Cl)cn1)[C@@H]1CCCNC1. The highest BCUT2D eigenvalue weighted by molar-refractivity contribution is 6.33. The number of rotatable bonds is 7. The number of pyridine rings is 2. The summed E-state index contributed by atoms with van der Waals surface area (Å²) in [6.45, 7) is 3.98. The molecule has 31 heavy (non-hydrogen) atoms. The van der Waals surface area contributed by atoms with Crippen LogP contribution in [0.1, 0.15) is 31.4 Å². The van der Waals surface area contributed by atoms with Crippen molar-refractivity contribution in [3.8, 4) is 11.3 Å². The molecule has 2 aromatic heterocycles. The van der Waals surface area contributed by atoms with Crippen LogP contribution in [0.4, 0.5) is 10.2 Å². The molecule has 1 atom stereocenters. The van der Waals surface area contributed by atoms with Crippen LogP contribution in [0.25, 0.3) is 11.3 Å². The molecule has 2 aliphatic rings. The Morgan fingerprint density at radius 2 is 2.13 bits per heavy atom. The molecule has 0 amide bonds. The molecule has 2 saturated heterocycles. The first kappa shape index (κ1) is 22.1. The zero-order chi connectivity index (χ0) is 21.6. The molecular weight excluding hydrogens is 419 g/mol. The molecule has 2 aliphatic heterocycles. The lowest BCUT2D eigenvalue weighted by Gasteiger charge is -2.22. The van der Waals surface area contributed by atoms with E-state index in [1.807, 2.05) is 0 Å². The maximum atomic E-state index is 14.7. The molecule has 0 unspecified atom stereocenters. The summed E-state index contributed by atoms with van der Waals surface area (Å²) < 4.78 is 20.0. The number of aromatic nitrogens is 2. The van der Waals surface area contributed by atoms with E-state index in [-0.39, 0.29) is 23.8 Å². The summed E-state index contributed by atoms with van der Waals surface area (Å²) in [6.07, 6.45) is 5.58. The summed E-state index contributed by atoms with van der Waals surface area (Å²) in [6, 6.07) is 4.71. The van der Waals surface area contributed by atoms with Gasteiger partial charge in [0, 0.05) is 56.1 Å². The quantitative estimate of drug-likeness (QED) is 0.672. The van der Waals surface area contributed by atoms with E-state index < -0.39 is 5.82 Å². The number of Topliss-reactive ketones (excluding diaryl/α,β-unsaturated/α-hetero) is 1. The first-order valence-corrected chi connectivity index (χ1v) is 11.3. The van der Waals surface area contributed by atoms with Crippen LogP contribution in [0.5, 0.6) is 0 Å². The van der Waals surface area contributed by atoms with Gasteiger partial charge in [0.1, 0.15) is 23.1 Å². The third-order valence-electron chi connectivity index (χ3n) is 6.03. The van der Waals surface area contributed by atoms with Crippen molar-refractivity contribution in [2.45, 2.75) is 32.1 Å². The molecule has 2 N–H and O–H groups in total. The molecule has 6 nitrogen and oxygen atoms in total. The number of nitrogens with one attached hydrogen (secondary N) is 2. The first-order valence-electron chi connectivity index (χ1n) is 11.0. The van der Waals surface area contributed by atoms with Gasteiger partial charge in [0.2, 0.25) is 0 Å². The molecule has 166 valence electrons. The largest absolute Gasteiger partial charge is 0.381 e. The molecular formula is C23H28ClFN4O2. The number of nitrogens with zero attached hydrogens (tertiary/aromatic N) is 2. The van der Waals surface area contributed by atoms with Gasteiger partial charge < -0.3 is 15.4 Å². The van der Waals surface area contributed by atoms with Gasteiger partial charge in [-0.25, -0.2) is 9.37 Å². The molecule has 8 heteroatoms. The average Bonchev–Trinajstić information content (AvgIpc) is 2.81. The van der Waals surface area contributed by atoms with Gasteiger partial charge in [0.25, 0.3) is 0 Å². The predicted molar refractivity (Wildman–Crippen MR) is 119 cm³/mol. The van der Waals surface area contributed by atoms with E-state index in [9.17, 15) is 9.18 Å². The summed E-state index contributed by atoms with van der Waals surface area (Å²) in [5.41, 5.74) is 1.20. The number of piperidine rings is 1. The van der Waals surface area contributed by atoms with E-state index in [1.54, 1.807) is 12.1 Å². The zero-order valence-corrected chi connectivity index (χ0v) is 18.3. The third kappa shape index (κ3) is 5.79. The molecule has 2 aromatic rings. The predicted octanol–water partition coefficient (Wildman–Crippen LogP) is 3.89. The number of ketones is 1. The van der Waals surface area contributed by atoms with Crippen molar-refractivity contribution in [3.63, 3.8) is 0 Å². The van der Waals surface area contributed by atoms with E-state index in [0.717, 1.165) is 52.0 Å². The molecule has 4 rings (SSSR count). The van der Waals surface area contributed by atoms with Gasteiger partial charge in [-0.3, -0.25) is 9.78 Å². The van der Waals surface area contributed by atoms with E-state index in [1.165, 1.54) is 12.3 Å². The fourth-order valence-electron chi connectivity index (χ4n) is 4.14. The fourth-order valence-corrected chi connectivity index (χ4v) is 4.33. The minimum absolute atomic E-state index is 0.00209. The van der Waals surface area contributed by atoms with Crippen molar-refractivity contribution < 1.29 is 13.9 Å². The summed E-state index contributed by atoms with van der Waals surface area (Å²) in [7, 11) is 0. The van der Waals surface area contributed by atoms with Gasteiger partial charge >= 0.3 is 0 Å². The second-order valence-corrected chi connectivity index (χ2v) is 8.71. The van der Waals surface area contributed by atoms with E-state index >= 15 is 0 Å². The minimum Gasteiger partial charge on any atom is -0.381 e. The van der Waals surface area contributed by atoms with Crippen molar-refractivity contribution in [1.29, 1.82) is 0 Å². The third-order valence-corrected chi connectivity index (χ3v) is 6.33. The van der Waals surface area contributed by atoms with E-state index in [4.69, 9.17) is 16.3 Å².